The number of rotatable bonds is 6. The molecule has 0 bridgehead atoms. The van der Waals surface area contributed by atoms with E-state index in [1.165, 1.54) is 0 Å². The van der Waals surface area contributed by atoms with Gasteiger partial charge in [0.15, 0.2) is 0 Å². The van der Waals surface area contributed by atoms with Gasteiger partial charge in [-0.1, -0.05) is 54.1 Å². The van der Waals surface area contributed by atoms with Gasteiger partial charge in [0.2, 0.25) is 5.91 Å². The van der Waals surface area contributed by atoms with Crippen molar-refractivity contribution < 1.29 is 9.53 Å². The van der Waals surface area contributed by atoms with Gasteiger partial charge in [-0.3, -0.25) is 4.79 Å². The lowest BCUT2D eigenvalue weighted by Crippen LogP contribution is -2.22. The number of hydrogen-bond acceptors (Lipinski definition) is 3. The van der Waals surface area contributed by atoms with Crippen LogP contribution in [0.5, 0.6) is 5.75 Å². The summed E-state index contributed by atoms with van der Waals surface area (Å²) in [6, 6.07) is 21.2. The highest BCUT2D eigenvalue weighted by Gasteiger charge is 2.11. The van der Waals surface area contributed by atoms with E-state index >= 15 is 0 Å². The number of carbonyl (C=O) groups is 1. The summed E-state index contributed by atoms with van der Waals surface area (Å²) in [6.07, 6.45) is -0.161. The zero-order valence-corrected chi connectivity index (χ0v) is 14.8. The Kier molecular flexibility index (Phi) is 5.73. The fraction of sp³-hybridized carbons (Fsp3) is 0.143. The highest BCUT2D eigenvalue weighted by atomic mass is 35.5. The summed E-state index contributed by atoms with van der Waals surface area (Å²) in [5.74, 6) is 0.403. The second-order valence-electron chi connectivity index (χ2n) is 5.79. The van der Waals surface area contributed by atoms with Gasteiger partial charge in [-0.25, -0.2) is 0 Å². The monoisotopic (exact) mass is 364 g/mol. The molecule has 0 spiro atoms. The van der Waals surface area contributed by atoms with Gasteiger partial charge in [-0.15, -0.1) is 0 Å². The summed E-state index contributed by atoms with van der Waals surface area (Å²) >= 11 is 5.91. The van der Waals surface area contributed by atoms with Crippen molar-refractivity contribution in [2.45, 2.75) is 19.6 Å². The van der Waals surface area contributed by atoms with Crippen LogP contribution in [0.4, 0.5) is 0 Å². The van der Waals surface area contributed by atoms with Crippen LogP contribution in [-0.4, -0.2) is 5.91 Å². The Bertz CT molecular complexity index is 962. The van der Waals surface area contributed by atoms with Gasteiger partial charge in [-0.2, -0.15) is 5.26 Å². The van der Waals surface area contributed by atoms with Crippen LogP contribution in [0.1, 0.15) is 17.5 Å². The van der Waals surface area contributed by atoms with Crippen LogP contribution < -0.4 is 10.1 Å². The van der Waals surface area contributed by atoms with Crippen LogP contribution in [0.15, 0.2) is 60.7 Å². The molecule has 0 fully saturated rings. The first-order valence-corrected chi connectivity index (χ1v) is 8.56. The van der Waals surface area contributed by atoms with Gasteiger partial charge in [0.05, 0.1) is 6.07 Å². The van der Waals surface area contributed by atoms with Gasteiger partial charge < -0.3 is 10.1 Å². The van der Waals surface area contributed by atoms with Gasteiger partial charge in [0.1, 0.15) is 18.8 Å². The molecular weight excluding hydrogens is 348 g/mol. The number of halogens is 1. The molecule has 0 unspecified atom stereocenters. The molecule has 0 atom stereocenters. The number of hydrogen-bond donors (Lipinski definition) is 1. The molecule has 0 aromatic heterocycles. The molecule has 1 amide bonds. The minimum Gasteiger partial charge on any atom is -0.489 e. The maximum Gasteiger partial charge on any atom is 0.234 e. The number of nitrogens with one attached hydrogen (secondary N) is 1. The first-order chi connectivity index (χ1) is 12.7. The van der Waals surface area contributed by atoms with Gasteiger partial charge in [-0.05, 0) is 34.5 Å². The predicted octanol–water partition coefficient (Wildman–Crippen LogP) is 4.60. The molecule has 0 radical (unpaired) electrons. The summed E-state index contributed by atoms with van der Waals surface area (Å²) < 4.78 is 6.00. The molecule has 0 saturated carbocycles. The zero-order valence-electron chi connectivity index (χ0n) is 14.0. The molecule has 3 rings (SSSR count). The van der Waals surface area contributed by atoms with Gasteiger partial charge in [0.25, 0.3) is 0 Å². The third-order valence-corrected chi connectivity index (χ3v) is 4.26. The summed E-state index contributed by atoms with van der Waals surface area (Å²) in [7, 11) is 0. The molecule has 0 saturated heterocycles. The number of carbonyl (C=O) groups excluding carboxylic acids is 1. The fourth-order valence-electron chi connectivity index (χ4n) is 2.70. The summed E-state index contributed by atoms with van der Waals surface area (Å²) in [4.78, 5) is 11.7. The molecular formula is C21H17ClN2O2. The Labute approximate surface area is 157 Å². The molecule has 4 nitrogen and oxygen atoms in total. The van der Waals surface area contributed by atoms with Crippen LogP contribution >= 0.6 is 11.6 Å². The van der Waals surface area contributed by atoms with E-state index in [1.807, 2.05) is 66.7 Å². The predicted molar refractivity (Wildman–Crippen MR) is 102 cm³/mol. The topological polar surface area (TPSA) is 62.1 Å². The van der Waals surface area contributed by atoms with Crippen molar-refractivity contribution in [2.24, 2.45) is 0 Å². The van der Waals surface area contributed by atoms with E-state index in [-0.39, 0.29) is 12.3 Å². The van der Waals surface area contributed by atoms with E-state index < -0.39 is 0 Å². The lowest BCUT2D eigenvalue weighted by atomic mass is 10.0. The minimum absolute atomic E-state index is 0.161. The standard InChI is InChI=1S/C21H17ClN2O2/c22-17-8-5-15(6-9-17)14-26-20-10-7-16-3-1-2-4-18(16)19(20)13-24-21(25)11-12-23/h1-10H,11,13-14H2,(H,24,25). The van der Waals surface area contributed by atoms with Crippen molar-refractivity contribution in [1.82, 2.24) is 5.32 Å². The van der Waals surface area contributed by atoms with Gasteiger partial charge >= 0.3 is 0 Å². The van der Waals surface area contributed by atoms with Crippen molar-refractivity contribution in [2.75, 3.05) is 0 Å². The number of benzene rings is 3. The Morgan fingerprint density at radius 3 is 2.62 bits per heavy atom. The molecule has 1 N–H and O–H groups in total. The lowest BCUT2D eigenvalue weighted by molar-refractivity contribution is -0.120. The molecule has 5 heteroatoms. The largest absolute Gasteiger partial charge is 0.489 e. The Morgan fingerprint density at radius 1 is 1.08 bits per heavy atom. The minimum atomic E-state index is -0.302. The molecule has 0 aliphatic heterocycles. The zero-order chi connectivity index (χ0) is 18.4. The van der Waals surface area contributed by atoms with Crippen LogP contribution in [0.25, 0.3) is 10.8 Å². The van der Waals surface area contributed by atoms with E-state index in [9.17, 15) is 4.79 Å². The van der Waals surface area contributed by atoms with Crippen LogP contribution in [0.3, 0.4) is 0 Å². The molecule has 3 aromatic carbocycles. The molecule has 130 valence electrons. The third-order valence-electron chi connectivity index (χ3n) is 4.01. The Morgan fingerprint density at radius 2 is 1.85 bits per heavy atom. The average Bonchev–Trinajstić information content (AvgIpc) is 2.66. The van der Waals surface area contributed by atoms with Crippen LogP contribution in [0, 0.1) is 11.3 Å². The normalized spacial score (nSPS) is 10.3. The maximum absolute atomic E-state index is 11.7. The maximum atomic E-state index is 11.7. The molecule has 0 aliphatic rings. The number of nitrogens with zero attached hydrogens (tertiary/aromatic N) is 1. The van der Waals surface area contributed by atoms with Crippen molar-refractivity contribution in [3.8, 4) is 11.8 Å². The van der Waals surface area contributed by atoms with Crippen LogP contribution in [0.2, 0.25) is 5.02 Å². The second kappa shape index (κ2) is 8.37. The smallest absolute Gasteiger partial charge is 0.234 e. The summed E-state index contributed by atoms with van der Waals surface area (Å²) in [5, 5.41) is 14.2. The molecule has 0 heterocycles. The first kappa shape index (κ1) is 17.8. The third kappa shape index (κ3) is 4.33. The molecule has 26 heavy (non-hydrogen) atoms. The summed E-state index contributed by atoms with van der Waals surface area (Å²) in [6.45, 7) is 0.701. The summed E-state index contributed by atoms with van der Waals surface area (Å²) in [5.41, 5.74) is 1.89. The van der Waals surface area contributed by atoms with E-state index in [1.54, 1.807) is 0 Å². The first-order valence-electron chi connectivity index (χ1n) is 8.19. The number of ether oxygens (including phenoxy) is 1. The Hall–Kier alpha value is -3.03. The van der Waals surface area contributed by atoms with E-state index in [2.05, 4.69) is 5.32 Å². The molecule has 3 aromatic rings. The van der Waals surface area contributed by atoms with Gasteiger partial charge in [0, 0.05) is 17.1 Å². The van der Waals surface area contributed by atoms with Crippen molar-refractivity contribution >= 4 is 28.3 Å². The fourth-order valence-corrected chi connectivity index (χ4v) is 2.82. The Balaban J connectivity index is 1.85. The van der Waals surface area contributed by atoms with Crippen molar-refractivity contribution in [3.63, 3.8) is 0 Å². The van der Waals surface area contributed by atoms with E-state index in [0.717, 1.165) is 21.9 Å². The van der Waals surface area contributed by atoms with Crippen molar-refractivity contribution in [3.05, 3.63) is 76.8 Å². The average molecular weight is 365 g/mol. The number of amides is 1. The quantitative estimate of drug-likeness (QED) is 0.695. The highest BCUT2D eigenvalue weighted by Crippen LogP contribution is 2.29. The lowest BCUT2D eigenvalue weighted by Gasteiger charge is -2.15. The van der Waals surface area contributed by atoms with Crippen molar-refractivity contribution in [1.29, 1.82) is 5.26 Å². The second-order valence-corrected chi connectivity index (χ2v) is 6.23. The van der Waals surface area contributed by atoms with E-state index in [0.29, 0.717) is 23.9 Å². The SMILES string of the molecule is N#CCC(=O)NCc1c(OCc2ccc(Cl)cc2)ccc2ccccc12. The van der Waals surface area contributed by atoms with Crippen LogP contribution in [-0.2, 0) is 17.9 Å². The number of nitriles is 1. The number of fused-ring (bicyclic) bond motifs is 1. The van der Waals surface area contributed by atoms with E-state index in [4.69, 9.17) is 21.6 Å². The molecule has 0 aliphatic carbocycles. The highest BCUT2D eigenvalue weighted by molar-refractivity contribution is 6.30.